The Bertz CT molecular complexity index is 416. The second-order valence-electron chi connectivity index (χ2n) is 5.92. The highest BCUT2D eigenvalue weighted by Gasteiger charge is 2.70. The number of hydrogen-bond acceptors (Lipinski definition) is 2. The first kappa shape index (κ1) is 26.0. The second-order valence-corrected chi connectivity index (χ2v) is 7.68. The minimum atomic E-state index is -5.73. The number of aliphatic hydroxyl groups excluding tert-OH is 1. The summed E-state index contributed by atoms with van der Waals surface area (Å²) < 4.78 is 122. The lowest BCUT2D eigenvalue weighted by atomic mass is 9.95. The monoisotopic (exact) mass is 518 g/mol. The zero-order chi connectivity index (χ0) is 20.8. The van der Waals surface area contributed by atoms with Gasteiger partial charge in [-0.2, -0.15) is 39.5 Å². The molecule has 0 spiro atoms. The summed E-state index contributed by atoms with van der Waals surface area (Å²) in [5.74, 6) is -18.0. The number of aliphatic hydroxyl groups is 1. The van der Waals surface area contributed by atoms with Crippen LogP contribution >= 0.6 is 22.6 Å². The Balaban J connectivity index is 4.70. The van der Waals surface area contributed by atoms with Crippen LogP contribution in [0.15, 0.2) is 0 Å². The highest BCUT2D eigenvalue weighted by atomic mass is 127. The molecule has 1 N–H and O–H groups in total. The van der Waals surface area contributed by atoms with Crippen molar-refractivity contribution in [1.29, 1.82) is 0 Å². The predicted octanol–water partition coefficient (Wildman–Crippen LogP) is 5.46. The Morgan fingerprint density at radius 3 is 1.88 bits per heavy atom. The van der Waals surface area contributed by atoms with E-state index in [1.807, 2.05) is 0 Å². The summed E-state index contributed by atoms with van der Waals surface area (Å²) in [6.07, 6.45) is -10.0. The molecule has 0 aromatic heterocycles. The van der Waals surface area contributed by atoms with Gasteiger partial charge in [-0.1, -0.05) is 29.5 Å². The fourth-order valence-electron chi connectivity index (χ4n) is 1.84. The minimum Gasteiger partial charge on any atom is -0.395 e. The molecule has 2 atom stereocenters. The number of alkyl halides is 10. The highest BCUT2D eigenvalue weighted by molar-refractivity contribution is 14.1. The van der Waals surface area contributed by atoms with Gasteiger partial charge in [0.05, 0.1) is 29.7 Å². The Morgan fingerprint density at radius 2 is 1.42 bits per heavy atom. The first-order valence-corrected chi connectivity index (χ1v) is 8.86. The van der Waals surface area contributed by atoms with Gasteiger partial charge in [0.25, 0.3) is 0 Å². The minimum absolute atomic E-state index is 0.232. The van der Waals surface area contributed by atoms with Gasteiger partial charge in [0, 0.05) is 12.8 Å². The molecular weight excluding hydrogens is 498 g/mol. The standard InChI is InChI=1S/C14H20F9IO2/c1-9(13(19,20)21)3-2-4-11(15,16)14(22,23)12(17,18)5-6-26-8-10(24)7-25/h9-10,25H,2-8H2,1H3. The second kappa shape index (κ2) is 9.99. The molecule has 0 saturated carbocycles. The highest BCUT2D eigenvalue weighted by Crippen LogP contribution is 2.49. The Kier molecular flexibility index (Phi) is 9.99. The summed E-state index contributed by atoms with van der Waals surface area (Å²) in [6.45, 7) is -0.829. The third kappa shape index (κ3) is 7.56. The van der Waals surface area contributed by atoms with E-state index in [4.69, 9.17) is 5.11 Å². The van der Waals surface area contributed by atoms with E-state index in [-0.39, 0.29) is 13.2 Å². The first-order chi connectivity index (χ1) is 11.6. The van der Waals surface area contributed by atoms with Crippen molar-refractivity contribution in [3.8, 4) is 0 Å². The average molecular weight is 518 g/mol. The van der Waals surface area contributed by atoms with Crippen molar-refractivity contribution in [1.82, 2.24) is 0 Å². The molecule has 0 bridgehead atoms. The molecule has 0 aliphatic heterocycles. The summed E-state index contributed by atoms with van der Waals surface area (Å²) in [5, 5.41) is 8.68. The molecule has 0 fully saturated rings. The van der Waals surface area contributed by atoms with Crippen LogP contribution in [-0.4, -0.2) is 52.8 Å². The summed E-state index contributed by atoms with van der Waals surface area (Å²) >= 11 is 1.71. The van der Waals surface area contributed by atoms with Crippen LogP contribution in [0, 0.1) is 5.92 Å². The van der Waals surface area contributed by atoms with Gasteiger partial charge in [-0.3, -0.25) is 0 Å². The molecule has 12 heteroatoms. The predicted molar refractivity (Wildman–Crippen MR) is 84.2 cm³/mol. The molecule has 2 unspecified atom stereocenters. The Labute approximate surface area is 158 Å². The van der Waals surface area contributed by atoms with Crippen molar-refractivity contribution in [2.75, 3.05) is 19.8 Å². The zero-order valence-electron chi connectivity index (χ0n) is 13.7. The number of hydrogen-bond donors (Lipinski definition) is 1. The molecule has 0 rings (SSSR count). The third-order valence-electron chi connectivity index (χ3n) is 3.66. The Morgan fingerprint density at radius 1 is 0.923 bits per heavy atom. The van der Waals surface area contributed by atoms with E-state index in [0.717, 1.165) is 0 Å². The molecular formula is C14H20F9IO2. The van der Waals surface area contributed by atoms with Crippen molar-refractivity contribution in [2.45, 2.75) is 60.5 Å². The summed E-state index contributed by atoms with van der Waals surface area (Å²) in [4.78, 5) is 0. The van der Waals surface area contributed by atoms with Crippen LogP contribution in [0.5, 0.6) is 0 Å². The fraction of sp³-hybridized carbons (Fsp3) is 1.00. The van der Waals surface area contributed by atoms with Gasteiger partial charge in [0.15, 0.2) is 0 Å². The zero-order valence-corrected chi connectivity index (χ0v) is 15.9. The van der Waals surface area contributed by atoms with Gasteiger partial charge in [-0.25, -0.2) is 0 Å². The molecule has 0 saturated heterocycles. The van der Waals surface area contributed by atoms with Crippen LogP contribution in [0.4, 0.5) is 39.5 Å². The molecule has 0 heterocycles. The molecule has 0 aromatic carbocycles. The van der Waals surface area contributed by atoms with Crippen molar-refractivity contribution in [2.24, 2.45) is 5.92 Å². The van der Waals surface area contributed by atoms with Gasteiger partial charge >= 0.3 is 23.9 Å². The van der Waals surface area contributed by atoms with Gasteiger partial charge in [0.1, 0.15) is 0 Å². The van der Waals surface area contributed by atoms with Gasteiger partial charge in [-0.15, -0.1) is 0 Å². The fourth-order valence-corrected chi connectivity index (χ4v) is 2.09. The van der Waals surface area contributed by atoms with Crippen molar-refractivity contribution in [3.63, 3.8) is 0 Å². The third-order valence-corrected chi connectivity index (χ3v) is 4.42. The van der Waals surface area contributed by atoms with E-state index in [1.165, 1.54) is 0 Å². The normalized spacial score (nSPS) is 16.6. The molecule has 0 amide bonds. The molecule has 0 aliphatic rings. The van der Waals surface area contributed by atoms with E-state index < -0.39 is 66.1 Å². The average Bonchev–Trinajstić information content (AvgIpc) is 2.49. The van der Waals surface area contributed by atoms with Gasteiger partial charge in [-0.05, 0) is 12.8 Å². The molecule has 0 radical (unpaired) electrons. The molecule has 0 aromatic rings. The SMILES string of the molecule is CC(CCCC(F)(F)C(F)(F)C(F)(F)CCOCC(I)CO)C(F)(F)F. The maximum Gasteiger partial charge on any atom is 0.391 e. The van der Waals surface area contributed by atoms with Crippen LogP contribution in [0.3, 0.4) is 0 Å². The summed E-state index contributed by atoms with van der Waals surface area (Å²) in [6, 6.07) is 0. The van der Waals surface area contributed by atoms with E-state index >= 15 is 0 Å². The van der Waals surface area contributed by atoms with E-state index in [9.17, 15) is 39.5 Å². The van der Waals surface area contributed by atoms with Crippen LogP contribution in [0.1, 0.15) is 32.6 Å². The van der Waals surface area contributed by atoms with Gasteiger partial charge < -0.3 is 9.84 Å². The molecule has 158 valence electrons. The maximum atomic E-state index is 13.6. The lowest BCUT2D eigenvalue weighted by molar-refractivity contribution is -0.314. The first-order valence-electron chi connectivity index (χ1n) is 7.61. The topological polar surface area (TPSA) is 29.5 Å². The molecule has 2 nitrogen and oxygen atoms in total. The van der Waals surface area contributed by atoms with Crippen molar-refractivity contribution < 1.29 is 49.4 Å². The summed E-state index contributed by atoms with van der Waals surface area (Å²) in [5.41, 5.74) is 0. The van der Waals surface area contributed by atoms with E-state index in [2.05, 4.69) is 4.74 Å². The van der Waals surface area contributed by atoms with Crippen molar-refractivity contribution >= 4 is 22.6 Å². The van der Waals surface area contributed by atoms with Crippen LogP contribution in [0.25, 0.3) is 0 Å². The Hall–Kier alpha value is 0.0200. The maximum absolute atomic E-state index is 13.6. The largest absolute Gasteiger partial charge is 0.395 e. The van der Waals surface area contributed by atoms with Crippen molar-refractivity contribution in [3.05, 3.63) is 0 Å². The van der Waals surface area contributed by atoms with Crippen LogP contribution in [0.2, 0.25) is 0 Å². The summed E-state index contributed by atoms with van der Waals surface area (Å²) in [7, 11) is 0. The molecule has 26 heavy (non-hydrogen) atoms. The van der Waals surface area contributed by atoms with E-state index in [0.29, 0.717) is 6.92 Å². The van der Waals surface area contributed by atoms with Gasteiger partial charge in [0.2, 0.25) is 0 Å². The van der Waals surface area contributed by atoms with Crippen LogP contribution < -0.4 is 0 Å². The number of ether oxygens (including phenoxy) is 1. The number of halogens is 10. The van der Waals surface area contributed by atoms with Crippen LogP contribution in [-0.2, 0) is 4.74 Å². The lowest BCUT2D eigenvalue weighted by Crippen LogP contribution is -2.54. The van der Waals surface area contributed by atoms with E-state index in [1.54, 1.807) is 22.6 Å². The molecule has 0 aliphatic carbocycles. The quantitative estimate of drug-likeness (QED) is 0.161. The lowest BCUT2D eigenvalue weighted by Gasteiger charge is -2.33. The smallest absolute Gasteiger partial charge is 0.391 e. The number of rotatable bonds is 12.